The maximum atomic E-state index is 15.3. The van der Waals surface area contributed by atoms with Gasteiger partial charge >= 0.3 is 7.12 Å². The molecule has 4 aromatic rings. The van der Waals surface area contributed by atoms with Crippen LogP contribution in [0.15, 0.2) is 96.6 Å². The third kappa shape index (κ3) is 5.44. The summed E-state index contributed by atoms with van der Waals surface area (Å²) in [5, 5.41) is 31.9. The van der Waals surface area contributed by atoms with Gasteiger partial charge in [-0.15, -0.1) is 0 Å². The van der Waals surface area contributed by atoms with Crippen molar-refractivity contribution in [3.63, 3.8) is 0 Å². The molecule has 2 heterocycles. The predicted molar refractivity (Wildman–Crippen MR) is 205 cm³/mol. The first-order chi connectivity index (χ1) is 25.9. The Bertz CT molecular complexity index is 2270. The highest BCUT2D eigenvalue weighted by molar-refractivity contribution is 14.1. The number of carbonyl (C=O) groups is 4. The summed E-state index contributed by atoms with van der Waals surface area (Å²) in [4.78, 5) is 59.9. The molecule has 0 aromatic heterocycles. The van der Waals surface area contributed by atoms with Crippen molar-refractivity contribution in [1.82, 2.24) is 5.01 Å². The number of nitrogens with zero attached hydrogens (tertiary/aromatic N) is 2. The van der Waals surface area contributed by atoms with Gasteiger partial charge in [0.2, 0.25) is 11.8 Å². The lowest BCUT2D eigenvalue weighted by molar-refractivity contribution is -0.138. The topological polar surface area (TPSA) is 157 Å². The molecule has 0 radical (unpaired) electrons. The van der Waals surface area contributed by atoms with Crippen molar-refractivity contribution in [3.8, 4) is 11.5 Å². The Labute approximate surface area is 327 Å². The Kier molecular flexibility index (Phi) is 9.07. The summed E-state index contributed by atoms with van der Waals surface area (Å²) < 4.78 is 19.9. The van der Waals surface area contributed by atoms with Gasteiger partial charge in [-0.25, -0.2) is 4.39 Å². The molecular weight excluding hydrogens is 831 g/mol. The Morgan fingerprint density at radius 3 is 2.35 bits per heavy atom. The van der Waals surface area contributed by atoms with Gasteiger partial charge in [0, 0.05) is 10.9 Å². The first-order valence-corrected chi connectivity index (χ1v) is 18.6. The molecule has 1 saturated carbocycles. The number of halogens is 3. The molecule has 2 saturated heterocycles. The number of benzene rings is 4. The average molecular weight is 862 g/mol. The van der Waals surface area contributed by atoms with Crippen molar-refractivity contribution in [2.75, 3.05) is 17.4 Å². The second-order valence-corrected chi connectivity index (χ2v) is 15.5. The number of aromatic hydroxyl groups is 1. The Hall–Kier alpha value is -4.77. The second kappa shape index (κ2) is 13.5. The number of nitrogens with one attached hydrogen (secondary N) is 1. The molecule has 2 aliphatic carbocycles. The van der Waals surface area contributed by atoms with Crippen LogP contribution in [0.4, 0.5) is 15.8 Å². The molecule has 54 heavy (non-hydrogen) atoms. The number of rotatable bonds is 7. The van der Waals surface area contributed by atoms with Gasteiger partial charge in [0.25, 0.3) is 11.8 Å². The third-order valence-corrected chi connectivity index (χ3v) is 12.4. The fraction of sp³-hybridized carbons (Fsp3) is 0.231. The van der Waals surface area contributed by atoms with Gasteiger partial charge in [0.15, 0.2) is 11.5 Å². The van der Waals surface area contributed by atoms with E-state index in [1.165, 1.54) is 49.6 Å². The van der Waals surface area contributed by atoms with Gasteiger partial charge in [0.05, 0.1) is 45.2 Å². The number of phenolic OH excluding ortho intramolecular Hbond substituents is 1. The quantitative estimate of drug-likeness (QED) is 0.0899. The number of fused-ring (bicyclic) bond motifs is 4. The number of hydrazine groups is 1. The zero-order valence-corrected chi connectivity index (χ0v) is 31.4. The van der Waals surface area contributed by atoms with Gasteiger partial charge in [0.1, 0.15) is 5.82 Å². The molecule has 4 aliphatic rings. The summed E-state index contributed by atoms with van der Waals surface area (Å²) in [7, 11) is -0.419. The van der Waals surface area contributed by atoms with Gasteiger partial charge in [-0.05, 0) is 119 Å². The lowest BCUT2D eigenvalue weighted by Crippen LogP contribution is -2.53. The number of methoxy groups -OCH3 is 1. The molecule has 4 amide bonds. The van der Waals surface area contributed by atoms with Crippen molar-refractivity contribution >= 4 is 81.8 Å². The first kappa shape index (κ1) is 36.2. The standard InChI is InChI=1S/C39H31BClFIN3O8/c1-54-31-16-19(15-30(43)34(31)47)33-26-13-14-27-32(37(50)45(35(27)48)25-4-2-3-21(17-25)40(52)53)28(26)18-29-36(49)46(44-24-11-9-23(42)10-12-24)38(51)39(29,33)20-5-7-22(41)8-6-20/h2-13,15-17,27-29,32-33,44,47,52-53H,14,18H2,1H3. The van der Waals surface area contributed by atoms with Gasteiger partial charge in [-0.2, -0.15) is 5.01 Å². The molecule has 6 unspecified atom stereocenters. The van der Waals surface area contributed by atoms with Crippen molar-refractivity contribution < 1.29 is 43.5 Å². The summed E-state index contributed by atoms with van der Waals surface area (Å²) in [6, 6.07) is 21.2. The van der Waals surface area contributed by atoms with E-state index < -0.39 is 71.6 Å². The van der Waals surface area contributed by atoms with Crippen molar-refractivity contribution in [3.05, 3.63) is 122 Å². The molecule has 0 bridgehead atoms. The van der Waals surface area contributed by atoms with Crippen LogP contribution in [0.2, 0.25) is 5.02 Å². The molecule has 15 heteroatoms. The number of anilines is 2. The summed E-state index contributed by atoms with van der Waals surface area (Å²) in [5.74, 6) is -6.97. The number of carbonyl (C=O) groups excluding carboxylic acids is 4. The smallest absolute Gasteiger partial charge is 0.488 e. The fourth-order valence-corrected chi connectivity index (χ4v) is 9.78. The maximum absolute atomic E-state index is 15.3. The number of hydrogen-bond donors (Lipinski definition) is 4. The minimum absolute atomic E-state index is 0.0207. The molecule has 2 aliphatic heterocycles. The van der Waals surface area contributed by atoms with Crippen LogP contribution in [0.25, 0.3) is 0 Å². The molecule has 8 rings (SSSR count). The highest BCUT2D eigenvalue weighted by atomic mass is 127. The Morgan fingerprint density at radius 2 is 1.67 bits per heavy atom. The normalized spacial score (nSPS) is 26.0. The molecule has 274 valence electrons. The fourth-order valence-electron chi connectivity index (χ4n) is 9.03. The van der Waals surface area contributed by atoms with Crippen LogP contribution >= 0.6 is 34.2 Å². The summed E-state index contributed by atoms with van der Waals surface area (Å²) in [6.45, 7) is 0. The van der Waals surface area contributed by atoms with Crippen LogP contribution in [0, 0.1) is 33.1 Å². The van der Waals surface area contributed by atoms with Crippen LogP contribution in [0.3, 0.4) is 0 Å². The van der Waals surface area contributed by atoms with Gasteiger partial charge in [-0.1, -0.05) is 47.5 Å². The van der Waals surface area contributed by atoms with E-state index in [0.717, 1.165) is 9.91 Å². The molecule has 3 fully saturated rings. The number of ether oxygens (including phenoxy) is 1. The van der Waals surface area contributed by atoms with Gasteiger partial charge < -0.3 is 19.9 Å². The van der Waals surface area contributed by atoms with Gasteiger partial charge in [-0.3, -0.25) is 29.5 Å². The van der Waals surface area contributed by atoms with E-state index in [9.17, 15) is 33.9 Å². The lowest BCUT2D eigenvalue weighted by atomic mass is 9.49. The van der Waals surface area contributed by atoms with E-state index in [1.54, 1.807) is 42.5 Å². The van der Waals surface area contributed by atoms with Crippen LogP contribution in [-0.4, -0.2) is 58.0 Å². The largest absolute Gasteiger partial charge is 0.504 e. The number of amides is 4. The second-order valence-electron chi connectivity index (χ2n) is 13.9. The van der Waals surface area contributed by atoms with E-state index in [2.05, 4.69) is 5.43 Å². The molecule has 11 nitrogen and oxygen atoms in total. The zero-order valence-electron chi connectivity index (χ0n) is 28.4. The highest BCUT2D eigenvalue weighted by Gasteiger charge is 2.70. The minimum atomic E-state index is -1.82. The number of phenols is 1. The van der Waals surface area contributed by atoms with E-state index >= 15 is 4.79 Å². The third-order valence-electron chi connectivity index (χ3n) is 11.3. The van der Waals surface area contributed by atoms with Crippen LogP contribution in [0.1, 0.15) is 29.9 Å². The number of hydrogen-bond acceptors (Lipinski definition) is 9. The lowest BCUT2D eigenvalue weighted by Gasteiger charge is -2.50. The predicted octanol–water partition coefficient (Wildman–Crippen LogP) is 4.67. The van der Waals surface area contributed by atoms with Crippen LogP contribution in [0.5, 0.6) is 11.5 Å². The van der Waals surface area contributed by atoms with E-state index in [1.807, 2.05) is 28.7 Å². The maximum Gasteiger partial charge on any atom is 0.488 e. The van der Waals surface area contributed by atoms with E-state index in [0.29, 0.717) is 31.0 Å². The van der Waals surface area contributed by atoms with Crippen LogP contribution < -0.4 is 20.5 Å². The Balaban J connectivity index is 1.33. The SMILES string of the molecule is COc1cc(C2C3=CCC4C(=O)N(c5cccc(B(O)O)c5)C(=O)C4C3CC3C(=O)N(Nc4ccc(F)cc4)C(=O)C32c2ccc(Cl)cc2)cc(I)c1O. The average Bonchev–Trinajstić information content (AvgIpc) is 3.54. The van der Waals surface area contributed by atoms with Crippen molar-refractivity contribution in [2.45, 2.75) is 24.2 Å². The molecule has 4 N–H and O–H groups in total. The summed E-state index contributed by atoms with van der Waals surface area (Å²) in [6.07, 6.45) is 2.07. The number of imide groups is 2. The molecule has 0 spiro atoms. The van der Waals surface area contributed by atoms with Crippen molar-refractivity contribution in [1.29, 1.82) is 0 Å². The zero-order chi connectivity index (χ0) is 38.2. The number of allylic oxidation sites excluding steroid dienone is 2. The Morgan fingerprint density at radius 1 is 0.944 bits per heavy atom. The molecule has 6 atom stereocenters. The van der Waals surface area contributed by atoms with E-state index in [4.69, 9.17) is 16.3 Å². The van der Waals surface area contributed by atoms with E-state index in [-0.39, 0.29) is 35.5 Å². The molecule has 4 aromatic carbocycles. The van der Waals surface area contributed by atoms with Crippen LogP contribution in [-0.2, 0) is 24.6 Å². The first-order valence-electron chi connectivity index (χ1n) is 17.1. The molecular formula is C39H31BClFIN3O8. The monoisotopic (exact) mass is 861 g/mol. The summed E-state index contributed by atoms with van der Waals surface area (Å²) in [5.41, 5.74) is 3.58. The summed E-state index contributed by atoms with van der Waals surface area (Å²) >= 11 is 8.34. The minimum Gasteiger partial charge on any atom is -0.504 e. The highest BCUT2D eigenvalue weighted by Crippen LogP contribution is 2.64. The van der Waals surface area contributed by atoms with Crippen molar-refractivity contribution in [2.24, 2.45) is 23.7 Å².